The second kappa shape index (κ2) is 13.4. The molecule has 0 saturated heterocycles. The van der Waals surface area contributed by atoms with E-state index in [1.165, 1.54) is 65.6 Å². The van der Waals surface area contributed by atoms with Crippen molar-refractivity contribution in [1.82, 2.24) is 4.57 Å². The second-order valence-corrected chi connectivity index (χ2v) is 15.4. The molecule has 0 spiro atoms. The Morgan fingerprint density at radius 3 is 1.63 bits per heavy atom. The number of benzene rings is 10. The molecule has 0 fully saturated rings. The van der Waals surface area contributed by atoms with Crippen LogP contribution in [0.5, 0.6) is 0 Å². The molecule has 0 atom stereocenters. The van der Waals surface area contributed by atoms with Gasteiger partial charge in [-0.05, 0) is 123 Å². The summed E-state index contributed by atoms with van der Waals surface area (Å²) in [5.74, 6) is 0. The molecular weight excluding hydrogens is 717 g/mol. The predicted octanol–water partition coefficient (Wildman–Crippen LogP) is 15.8. The summed E-state index contributed by atoms with van der Waals surface area (Å²) < 4.78 is 8.81. The van der Waals surface area contributed by atoms with E-state index in [0.29, 0.717) is 0 Å². The molecule has 3 nitrogen and oxygen atoms in total. The molecule has 0 saturated carbocycles. The van der Waals surface area contributed by atoms with Gasteiger partial charge in [-0.2, -0.15) is 0 Å². The molecule has 0 aliphatic carbocycles. The number of anilines is 3. The highest BCUT2D eigenvalue weighted by Gasteiger charge is 2.19. The molecule has 10 aromatic carbocycles. The Bertz CT molecular complexity index is 3520. The lowest BCUT2D eigenvalue weighted by atomic mass is 10.0. The van der Waals surface area contributed by atoms with Gasteiger partial charge in [0.2, 0.25) is 0 Å². The zero-order valence-corrected chi connectivity index (χ0v) is 32.1. The predicted molar refractivity (Wildman–Crippen MR) is 249 cm³/mol. The molecule has 12 rings (SSSR count). The first kappa shape index (κ1) is 33.3. The molecule has 0 N–H and O–H groups in total. The number of furan rings is 1. The summed E-state index contributed by atoms with van der Waals surface area (Å²) in [5.41, 5.74) is 13.4. The smallest absolute Gasteiger partial charge is 0.136 e. The molecule has 0 unspecified atom stereocenters. The summed E-state index contributed by atoms with van der Waals surface area (Å²) in [5, 5.41) is 9.67. The van der Waals surface area contributed by atoms with Gasteiger partial charge in [-0.25, -0.2) is 0 Å². The zero-order chi connectivity index (χ0) is 38.9. The van der Waals surface area contributed by atoms with Crippen LogP contribution in [0.2, 0.25) is 0 Å². The van der Waals surface area contributed by atoms with Gasteiger partial charge >= 0.3 is 0 Å². The molecule has 0 aliphatic heterocycles. The molecule has 0 amide bonds. The highest BCUT2D eigenvalue weighted by molar-refractivity contribution is 6.24. The summed E-state index contributed by atoms with van der Waals surface area (Å²) in [6.45, 7) is 0. The fourth-order valence-corrected chi connectivity index (χ4v) is 9.08. The zero-order valence-electron chi connectivity index (χ0n) is 32.1. The van der Waals surface area contributed by atoms with E-state index in [4.69, 9.17) is 4.42 Å². The summed E-state index contributed by atoms with van der Waals surface area (Å²) in [7, 11) is 0. The van der Waals surface area contributed by atoms with Crippen LogP contribution in [0.3, 0.4) is 0 Å². The van der Waals surface area contributed by atoms with Crippen LogP contribution in [0.1, 0.15) is 0 Å². The number of aromatic nitrogens is 1. The van der Waals surface area contributed by atoms with Crippen molar-refractivity contribution in [3.05, 3.63) is 218 Å². The van der Waals surface area contributed by atoms with E-state index in [9.17, 15) is 0 Å². The second-order valence-electron chi connectivity index (χ2n) is 15.4. The van der Waals surface area contributed by atoms with E-state index < -0.39 is 0 Å². The summed E-state index contributed by atoms with van der Waals surface area (Å²) >= 11 is 0. The minimum absolute atomic E-state index is 0.910. The summed E-state index contributed by atoms with van der Waals surface area (Å²) in [4.78, 5) is 2.32. The van der Waals surface area contributed by atoms with E-state index in [1.807, 2.05) is 6.07 Å². The largest absolute Gasteiger partial charge is 0.456 e. The van der Waals surface area contributed by atoms with Crippen LogP contribution in [0, 0.1) is 0 Å². The Morgan fingerprint density at radius 2 is 0.881 bits per heavy atom. The maximum absolute atomic E-state index is 6.40. The Morgan fingerprint density at radius 1 is 0.322 bits per heavy atom. The van der Waals surface area contributed by atoms with E-state index >= 15 is 0 Å². The molecule has 3 heteroatoms. The fourth-order valence-electron chi connectivity index (χ4n) is 9.08. The molecule has 2 aromatic heterocycles. The highest BCUT2D eigenvalue weighted by Crippen LogP contribution is 2.42. The van der Waals surface area contributed by atoms with Gasteiger partial charge in [-0.15, -0.1) is 0 Å². The summed E-state index contributed by atoms with van der Waals surface area (Å²) in [6, 6.07) is 78.7. The third kappa shape index (κ3) is 5.51. The van der Waals surface area contributed by atoms with Gasteiger partial charge in [0, 0.05) is 44.3 Å². The van der Waals surface area contributed by atoms with E-state index in [-0.39, 0.29) is 0 Å². The number of hydrogen-bond donors (Lipinski definition) is 0. The SMILES string of the molecule is c1ccc(N(c2ccc(-c3ccc(-n4c5cc6c(cc5c5c7ccccc7ccc54)oc4ccccc46)cc3)cc2)c2ccc(-c3ccc4ccccc4c3)cc2)cc1. The van der Waals surface area contributed by atoms with Crippen molar-refractivity contribution >= 4 is 82.4 Å². The fraction of sp³-hybridized carbons (Fsp3) is 0. The molecular formula is C56H36N2O. The lowest BCUT2D eigenvalue weighted by Crippen LogP contribution is -2.09. The van der Waals surface area contributed by atoms with Crippen molar-refractivity contribution in [3.8, 4) is 27.9 Å². The monoisotopic (exact) mass is 752 g/mol. The van der Waals surface area contributed by atoms with E-state index in [1.54, 1.807) is 0 Å². The maximum Gasteiger partial charge on any atom is 0.136 e. The Hall–Kier alpha value is -7.88. The van der Waals surface area contributed by atoms with Crippen molar-refractivity contribution < 1.29 is 4.42 Å². The topological polar surface area (TPSA) is 21.3 Å². The van der Waals surface area contributed by atoms with Gasteiger partial charge in [-0.1, -0.05) is 140 Å². The average molecular weight is 753 g/mol. The first-order valence-corrected chi connectivity index (χ1v) is 20.2. The van der Waals surface area contributed by atoms with Crippen molar-refractivity contribution in [2.75, 3.05) is 4.90 Å². The highest BCUT2D eigenvalue weighted by atomic mass is 16.3. The molecule has 0 bridgehead atoms. The number of nitrogens with zero attached hydrogens (tertiary/aromatic N) is 2. The Balaban J connectivity index is 0.910. The van der Waals surface area contributed by atoms with Crippen LogP contribution < -0.4 is 4.90 Å². The van der Waals surface area contributed by atoms with Gasteiger partial charge in [0.25, 0.3) is 0 Å². The number of para-hydroxylation sites is 2. The van der Waals surface area contributed by atoms with Crippen molar-refractivity contribution in [2.45, 2.75) is 0 Å². The van der Waals surface area contributed by atoms with Crippen molar-refractivity contribution in [3.63, 3.8) is 0 Å². The van der Waals surface area contributed by atoms with Crippen LogP contribution in [0.25, 0.3) is 93.2 Å². The van der Waals surface area contributed by atoms with E-state index in [2.05, 4.69) is 222 Å². The van der Waals surface area contributed by atoms with Gasteiger partial charge in [0.1, 0.15) is 11.2 Å². The third-order valence-corrected chi connectivity index (χ3v) is 12.0. The van der Waals surface area contributed by atoms with E-state index in [0.717, 1.165) is 44.7 Å². The minimum Gasteiger partial charge on any atom is -0.456 e. The quantitative estimate of drug-likeness (QED) is 0.169. The van der Waals surface area contributed by atoms with Crippen LogP contribution >= 0.6 is 0 Å². The van der Waals surface area contributed by atoms with Gasteiger partial charge in [0.15, 0.2) is 0 Å². The van der Waals surface area contributed by atoms with Crippen LogP contribution in [0.4, 0.5) is 17.1 Å². The Kier molecular flexibility index (Phi) is 7.54. The number of rotatable bonds is 6. The molecule has 276 valence electrons. The Labute approximate surface area is 341 Å². The third-order valence-electron chi connectivity index (χ3n) is 12.0. The van der Waals surface area contributed by atoms with Gasteiger partial charge < -0.3 is 13.9 Å². The minimum atomic E-state index is 0.910. The first-order chi connectivity index (χ1) is 29.2. The molecule has 2 heterocycles. The molecule has 12 aromatic rings. The van der Waals surface area contributed by atoms with Crippen LogP contribution in [0.15, 0.2) is 223 Å². The molecule has 0 aliphatic rings. The van der Waals surface area contributed by atoms with Crippen molar-refractivity contribution in [2.24, 2.45) is 0 Å². The lowest BCUT2D eigenvalue weighted by Gasteiger charge is -2.26. The number of fused-ring (bicyclic) bond motifs is 9. The standard InChI is InChI=1S/C56H36N2O/c1-2-13-44(14-3-1)57(46-29-24-40(25-30-46)43-19-18-37-10-4-5-12-42(37)34-43)45-27-20-38(21-28-45)39-22-31-47(32-23-39)58-52-33-26-41-11-6-7-15-48(41)56(52)51-36-55-50(35-53(51)58)49-16-8-9-17-54(49)59-55/h1-36H. The van der Waals surface area contributed by atoms with Gasteiger partial charge in [0.05, 0.1) is 11.0 Å². The normalized spacial score (nSPS) is 11.7. The molecule has 59 heavy (non-hydrogen) atoms. The maximum atomic E-state index is 6.40. The van der Waals surface area contributed by atoms with Crippen LogP contribution in [-0.2, 0) is 0 Å². The average Bonchev–Trinajstić information content (AvgIpc) is 3.84. The van der Waals surface area contributed by atoms with Crippen LogP contribution in [-0.4, -0.2) is 4.57 Å². The van der Waals surface area contributed by atoms with Gasteiger partial charge in [-0.3, -0.25) is 0 Å². The first-order valence-electron chi connectivity index (χ1n) is 20.2. The van der Waals surface area contributed by atoms with Crippen molar-refractivity contribution in [1.29, 1.82) is 0 Å². The summed E-state index contributed by atoms with van der Waals surface area (Å²) in [6.07, 6.45) is 0. The molecule has 0 radical (unpaired) electrons. The lowest BCUT2D eigenvalue weighted by molar-refractivity contribution is 0.669. The number of hydrogen-bond acceptors (Lipinski definition) is 2.